The molecule has 1 aliphatic carbocycles. The quantitative estimate of drug-likeness (QED) is 0.302. The second kappa shape index (κ2) is 9.81. The zero-order valence-corrected chi connectivity index (χ0v) is 19.2. The van der Waals surface area contributed by atoms with Gasteiger partial charge in [0.1, 0.15) is 22.6 Å². The Morgan fingerprint density at radius 2 is 1.91 bits per heavy atom. The molecule has 182 valence electrons. The Bertz CT molecular complexity index is 1080. The topological polar surface area (TPSA) is 89.0 Å². The standard InChI is InChI=1S/C19H21F4N3O5S2/c1-25(2)14-5-3-4-6-15(14)31-16-10-13(20)17(9-12(16)19(21,22)23)33(28,29)26(30-11-27)18-24-7-8-32-18/h7-11,14-15H,3-6H2,1-2H3/t14-,15-/m0/s1. The van der Waals surface area contributed by atoms with E-state index in [-0.39, 0.29) is 23.0 Å². The number of carbonyl (C=O) groups is 1. The molecule has 1 heterocycles. The molecule has 14 heteroatoms. The third-order valence-corrected chi connectivity index (χ3v) is 7.58. The van der Waals surface area contributed by atoms with E-state index >= 15 is 0 Å². The first-order valence-electron chi connectivity index (χ1n) is 9.76. The highest BCUT2D eigenvalue weighted by atomic mass is 32.2. The third kappa shape index (κ3) is 5.38. The van der Waals surface area contributed by atoms with Gasteiger partial charge in [-0.3, -0.25) is 4.79 Å². The predicted octanol–water partition coefficient (Wildman–Crippen LogP) is 3.84. The van der Waals surface area contributed by atoms with Crippen molar-refractivity contribution in [2.75, 3.05) is 18.6 Å². The lowest BCUT2D eigenvalue weighted by atomic mass is 9.91. The van der Waals surface area contributed by atoms with Gasteiger partial charge in [-0.25, -0.2) is 9.37 Å². The van der Waals surface area contributed by atoms with Gasteiger partial charge in [0.2, 0.25) is 5.13 Å². The van der Waals surface area contributed by atoms with E-state index in [9.17, 15) is 30.8 Å². The second-order valence-electron chi connectivity index (χ2n) is 7.50. The van der Waals surface area contributed by atoms with Crippen LogP contribution in [0.25, 0.3) is 0 Å². The molecule has 2 aromatic rings. The zero-order valence-electron chi connectivity index (χ0n) is 17.6. The molecule has 0 radical (unpaired) electrons. The highest BCUT2D eigenvalue weighted by Crippen LogP contribution is 2.41. The number of hydrogen-bond donors (Lipinski definition) is 0. The summed E-state index contributed by atoms with van der Waals surface area (Å²) in [6.07, 6.45) is -1.74. The molecule has 0 amide bonds. The number of anilines is 1. The number of likely N-dealkylation sites (N-methyl/N-ethyl adjacent to an activating group) is 1. The molecule has 0 aliphatic heterocycles. The van der Waals surface area contributed by atoms with Gasteiger partial charge in [0.15, 0.2) is 0 Å². The van der Waals surface area contributed by atoms with Crippen LogP contribution in [-0.4, -0.2) is 51.0 Å². The summed E-state index contributed by atoms with van der Waals surface area (Å²) in [7, 11) is -1.54. The van der Waals surface area contributed by atoms with Crippen LogP contribution < -0.4 is 9.21 Å². The molecule has 0 unspecified atom stereocenters. The van der Waals surface area contributed by atoms with Crippen molar-refractivity contribution in [2.24, 2.45) is 0 Å². The summed E-state index contributed by atoms with van der Waals surface area (Å²) >= 11 is 0.715. The van der Waals surface area contributed by atoms with Crippen molar-refractivity contribution in [3.63, 3.8) is 0 Å². The molecule has 0 spiro atoms. The van der Waals surface area contributed by atoms with Crippen LogP contribution in [-0.2, 0) is 25.8 Å². The normalized spacial score (nSPS) is 19.4. The molecule has 1 fully saturated rings. The SMILES string of the molecule is CN(C)[C@H]1CCCC[C@@H]1Oc1cc(F)c(S(=O)(=O)N(OC=O)c2nccs2)cc1C(F)(F)F. The number of halogens is 4. The molecule has 0 N–H and O–H groups in total. The minimum atomic E-state index is -5.08. The molecule has 8 nitrogen and oxygen atoms in total. The fourth-order valence-electron chi connectivity index (χ4n) is 3.66. The Hall–Kier alpha value is -2.45. The zero-order chi connectivity index (χ0) is 24.4. The van der Waals surface area contributed by atoms with Crippen molar-refractivity contribution in [3.8, 4) is 5.75 Å². The number of carbonyl (C=O) groups excluding carboxylic acids is 1. The van der Waals surface area contributed by atoms with E-state index in [1.807, 2.05) is 4.90 Å². The molecule has 1 aromatic carbocycles. The summed E-state index contributed by atoms with van der Waals surface area (Å²) < 4.78 is 87.9. The summed E-state index contributed by atoms with van der Waals surface area (Å²) in [5.41, 5.74) is -1.46. The largest absolute Gasteiger partial charge is 0.488 e. The fourth-order valence-corrected chi connectivity index (χ4v) is 5.73. The van der Waals surface area contributed by atoms with Gasteiger partial charge in [-0.2, -0.15) is 21.6 Å². The smallest absolute Gasteiger partial charge is 0.420 e. The van der Waals surface area contributed by atoms with E-state index < -0.39 is 49.5 Å². The van der Waals surface area contributed by atoms with Gasteiger partial charge >= 0.3 is 22.7 Å². The average molecular weight is 512 g/mol. The van der Waals surface area contributed by atoms with Gasteiger partial charge in [-0.1, -0.05) is 10.9 Å². The fraction of sp³-hybridized carbons (Fsp3) is 0.474. The summed E-state index contributed by atoms with van der Waals surface area (Å²) in [5.74, 6) is -2.30. The Balaban J connectivity index is 2.07. The molecule has 0 bridgehead atoms. The molecule has 33 heavy (non-hydrogen) atoms. The number of thiazole rings is 1. The molecule has 3 rings (SSSR count). The second-order valence-corrected chi connectivity index (χ2v) is 10.1. The van der Waals surface area contributed by atoms with E-state index in [0.717, 1.165) is 12.8 Å². The van der Waals surface area contributed by atoms with Crippen molar-refractivity contribution in [2.45, 2.75) is 48.9 Å². The van der Waals surface area contributed by atoms with Crippen LogP contribution in [0.3, 0.4) is 0 Å². The van der Waals surface area contributed by atoms with Crippen molar-refractivity contribution in [3.05, 3.63) is 35.1 Å². The van der Waals surface area contributed by atoms with Crippen molar-refractivity contribution >= 4 is 33.0 Å². The number of ether oxygens (including phenoxy) is 1. The first kappa shape index (κ1) is 25.2. The first-order chi connectivity index (χ1) is 15.5. The minimum Gasteiger partial charge on any atom is -0.488 e. The van der Waals surface area contributed by atoms with Gasteiger partial charge in [0.25, 0.3) is 0 Å². The van der Waals surface area contributed by atoms with Gasteiger partial charge in [0.05, 0.1) is 5.56 Å². The van der Waals surface area contributed by atoms with E-state index in [4.69, 9.17) is 4.74 Å². The number of hydrogen-bond acceptors (Lipinski definition) is 8. The monoisotopic (exact) mass is 511 g/mol. The Morgan fingerprint density at radius 1 is 1.21 bits per heavy atom. The van der Waals surface area contributed by atoms with Gasteiger partial charge in [-0.05, 0) is 39.4 Å². The van der Waals surface area contributed by atoms with E-state index in [1.54, 1.807) is 14.1 Å². The maximum atomic E-state index is 14.9. The number of sulfonamides is 1. The number of aromatic nitrogens is 1. The molecule has 0 saturated heterocycles. The van der Waals surface area contributed by atoms with E-state index in [0.29, 0.717) is 30.2 Å². The highest BCUT2D eigenvalue weighted by Gasteiger charge is 2.41. The van der Waals surface area contributed by atoms with Crippen molar-refractivity contribution in [1.82, 2.24) is 9.88 Å². The first-order valence-corrected chi connectivity index (χ1v) is 12.1. The predicted molar refractivity (Wildman–Crippen MR) is 111 cm³/mol. The Labute approximate surface area is 191 Å². The lowest BCUT2D eigenvalue weighted by Gasteiger charge is -2.36. The summed E-state index contributed by atoms with van der Waals surface area (Å²) in [4.78, 5) is 19.4. The van der Waals surface area contributed by atoms with E-state index in [2.05, 4.69) is 9.82 Å². The van der Waals surface area contributed by atoms with Crippen LogP contribution in [0, 0.1) is 5.82 Å². The molecule has 1 aliphatic rings. The van der Waals surface area contributed by atoms with Crippen molar-refractivity contribution in [1.29, 1.82) is 0 Å². The van der Waals surface area contributed by atoms with Crippen LogP contribution in [0.15, 0.2) is 28.6 Å². The Kier molecular flexibility index (Phi) is 7.49. The maximum absolute atomic E-state index is 14.9. The summed E-state index contributed by atoms with van der Waals surface area (Å²) in [5, 5.41) is 0.942. The van der Waals surface area contributed by atoms with Gasteiger partial charge in [-0.15, -0.1) is 11.3 Å². The van der Waals surface area contributed by atoms with Crippen LogP contribution in [0.5, 0.6) is 5.75 Å². The molecular formula is C19H21F4N3O5S2. The lowest BCUT2D eigenvalue weighted by Crippen LogP contribution is -2.44. The summed E-state index contributed by atoms with van der Waals surface area (Å²) in [6.45, 7) is -0.260. The molecule has 2 atom stereocenters. The van der Waals surface area contributed by atoms with Crippen LogP contribution in [0.1, 0.15) is 31.2 Å². The number of nitrogens with zero attached hydrogens (tertiary/aromatic N) is 3. The average Bonchev–Trinajstić information content (AvgIpc) is 3.25. The van der Waals surface area contributed by atoms with Crippen LogP contribution in [0.2, 0.25) is 0 Å². The van der Waals surface area contributed by atoms with Crippen molar-refractivity contribution < 1.29 is 40.3 Å². The number of alkyl halides is 3. The lowest BCUT2D eigenvalue weighted by molar-refractivity contribution is -0.140. The minimum absolute atomic E-state index is 0.0347. The maximum Gasteiger partial charge on any atom is 0.420 e. The van der Waals surface area contributed by atoms with Crippen LogP contribution in [0.4, 0.5) is 22.7 Å². The third-order valence-electron chi connectivity index (χ3n) is 5.16. The molecular weight excluding hydrogens is 490 g/mol. The number of rotatable bonds is 8. The van der Waals surface area contributed by atoms with Gasteiger partial charge in [0, 0.05) is 23.7 Å². The van der Waals surface area contributed by atoms with E-state index in [1.165, 1.54) is 11.6 Å². The molecule has 1 saturated carbocycles. The van der Waals surface area contributed by atoms with Crippen LogP contribution >= 0.6 is 11.3 Å². The molecule has 1 aromatic heterocycles. The summed E-state index contributed by atoms with van der Waals surface area (Å²) in [6, 6.07) is 0.355. The Morgan fingerprint density at radius 3 is 2.48 bits per heavy atom. The highest BCUT2D eigenvalue weighted by molar-refractivity contribution is 7.92. The number of benzene rings is 1. The van der Waals surface area contributed by atoms with Gasteiger partial charge < -0.3 is 14.5 Å².